The largest absolute Gasteiger partial charge is 1.00 e. The van der Waals surface area contributed by atoms with Crippen molar-refractivity contribution in [2.24, 2.45) is 0 Å². The normalized spacial score (nSPS) is 11.3. The van der Waals surface area contributed by atoms with Gasteiger partial charge in [0.2, 0.25) is 0 Å². The van der Waals surface area contributed by atoms with Crippen molar-refractivity contribution in [2.75, 3.05) is 0 Å². The molecule has 98 heavy (non-hydrogen) atoms. The predicted octanol–water partition coefficient (Wildman–Crippen LogP) is 23.2. The molecule has 0 amide bonds. The first-order valence-electron chi connectivity index (χ1n) is 29.5. The van der Waals surface area contributed by atoms with Crippen LogP contribution in [0.2, 0.25) is 0 Å². The van der Waals surface area contributed by atoms with Crippen molar-refractivity contribution >= 4 is 36.9 Å². The molecule has 0 unspecified atom stereocenters. The van der Waals surface area contributed by atoms with Crippen molar-refractivity contribution in [2.45, 2.75) is 13.8 Å². The van der Waals surface area contributed by atoms with Crippen LogP contribution in [0.1, 0.15) is 11.1 Å². The maximum atomic E-state index is 9.87. The summed E-state index contributed by atoms with van der Waals surface area (Å²) in [5, 5.41) is 0. The second-order valence-corrected chi connectivity index (χ2v) is 30.7. The molecular weight excluding hydrogens is 1510 g/mol. The summed E-state index contributed by atoms with van der Waals surface area (Å²) in [5.41, 5.74) is 21.8. The second kappa shape index (κ2) is 35.1. The molecule has 0 saturated heterocycles. The zero-order valence-electron chi connectivity index (χ0n) is 52.0. The van der Waals surface area contributed by atoms with E-state index in [4.69, 9.17) is 39.0 Å². The van der Waals surface area contributed by atoms with Gasteiger partial charge in [-0.05, 0) is 151 Å². The van der Waals surface area contributed by atoms with Crippen LogP contribution in [0.3, 0.4) is 0 Å². The molecule has 0 aliphatic heterocycles. The Morgan fingerprint density at radius 1 is 0.265 bits per heavy atom. The molecule has 10 aromatic heterocycles. The molecule has 22 heteroatoms. The molecule has 0 bridgehead atoms. The number of hydrogen-bond donors (Lipinski definition) is 0. The average molecular weight is 1560 g/mol. The van der Waals surface area contributed by atoms with E-state index in [-0.39, 0.29) is 19.5 Å². The number of aryl methyl sites for hydroxylation is 2. The standard InChI is InChI=1S/2C22H17N3.C16H12N2.C16H11N2.3ClH.F6P.2Ru/c2*1-16-8-10-17(11-9-16)18-14-21(19-6-2-4-12-23-19)25-22(15-18)20-7-3-5-13-24-20;2*1-3-10-17-15(8-1)13-6-5-7-14(12-13)16-9-2-4-11-18-16;;;;1-7(2,3,4,5)6;;/h2*2-15H,1H3;1-12H;1-11H;3*1H;;;/q;;;-1;;;;-1;+1;+3/p-3. The predicted molar refractivity (Wildman–Crippen MR) is 378 cm³/mol. The summed E-state index contributed by atoms with van der Waals surface area (Å²) >= 11 is -1.75. The molecule has 0 N–H and O–H groups in total. The van der Waals surface area contributed by atoms with Gasteiger partial charge in [0, 0.05) is 72.1 Å². The maximum absolute atomic E-state index is 10.7. The summed E-state index contributed by atoms with van der Waals surface area (Å²) in [7, 11) is 4.19. The maximum Gasteiger partial charge on any atom is 1.00 e. The summed E-state index contributed by atoms with van der Waals surface area (Å²) < 4.78 is 59.2. The Morgan fingerprint density at radius 2 is 0.500 bits per heavy atom. The monoisotopic (exact) mass is 1560 g/mol. The van der Waals surface area contributed by atoms with Gasteiger partial charge in [-0.1, -0.05) is 150 Å². The van der Waals surface area contributed by atoms with Crippen LogP contribution >= 0.6 is 36.9 Å². The third-order valence-corrected chi connectivity index (χ3v) is 13.6. The molecule has 496 valence electrons. The summed E-state index contributed by atoms with van der Waals surface area (Å²) in [6, 6.07) is 90.0. The smallest absolute Gasteiger partial charge is 0.295 e. The van der Waals surface area contributed by atoms with Crippen LogP contribution in [0.15, 0.2) is 310 Å². The Hall–Kier alpha value is -9.49. The van der Waals surface area contributed by atoms with Crippen molar-refractivity contribution in [3.05, 3.63) is 328 Å². The summed E-state index contributed by atoms with van der Waals surface area (Å²) in [6.45, 7) is 4.18. The van der Waals surface area contributed by atoms with E-state index in [1.54, 1.807) is 37.2 Å². The topological polar surface area (TPSA) is 129 Å². The molecule has 10 nitrogen and oxygen atoms in total. The van der Waals surface area contributed by atoms with Gasteiger partial charge in [0.15, 0.2) is 0 Å². The molecule has 1 radical (unpaired) electrons. The van der Waals surface area contributed by atoms with Crippen LogP contribution in [0.25, 0.3) is 113 Å². The number of aromatic nitrogens is 10. The van der Waals surface area contributed by atoms with Gasteiger partial charge in [-0.2, -0.15) is 0 Å². The zero-order chi connectivity index (χ0) is 68.5. The van der Waals surface area contributed by atoms with Crippen LogP contribution in [-0.4, -0.2) is 49.8 Å². The number of halogens is 9. The van der Waals surface area contributed by atoms with Crippen LogP contribution in [0, 0.1) is 19.9 Å². The number of nitrogens with zero attached hydrogens (tertiary/aromatic N) is 10. The van der Waals surface area contributed by atoms with E-state index in [0.717, 1.165) is 113 Å². The molecule has 4 aromatic carbocycles. The summed E-state index contributed by atoms with van der Waals surface area (Å²) in [6.07, 6.45) is 14.3. The zero-order valence-corrected chi connectivity index (χ0v) is 58.6. The third kappa shape index (κ3) is 25.2. The molecule has 0 saturated carbocycles. The quantitative estimate of drug-likeness (QED) is 0.0565. The Labute approximate surface area is 594 Å². The minimum atomic E-state index is -10.7. The van der Waals surface area contributed by atoms with Crippen molar-refractivity contribution in [1.82, 2.24) is 49.8 Å². The van der Waals surface area contributed by atoms with Crippen molar-refractivity contribution < 1.29 is 57.6 Å². The Kier molecular flexibility index (Phi) is 26.6. The number of hydrogen-bond acceptors (Lipinski definition) is 10. The van der Waals surface area contributed by atoms with E-state index in [1.807, 2.05) is 182 Å². The van der Waals surface area contributed by atoms with Crippen molar-refractivity contribution in [3.8, 4) is 113 Å². The van der Waals surface area contributed by atoms with E-state index in [2.05, 4.69) is 151 Å². The van der Waals surface area contributed by atoms with Crippen LogP contribution in [-0.2, 0) is 32.5 Å². The fourth-order valence-corrected chi connectivity index (χ4v) is 9.19. The van der Waals surface area contributed by atoms with Gasteiger partial charge in [0.25, 0.3) is 0 Å². The molecule has 0 spiro atoms. The molecule has 10 heterocycles. The minimum Gasteiger partial charge on any atom is -0.295 e. The third-order valence-electron chi connectivity index (χ3n) is 13.6. The van der Waals surface area contributed by atoms with E-state index < -0.39 is 20.8 Å². The van der Waals surface area contributed by atoms with E-state index in [1.165, 1.54) is 11.1 Å². The van der Waals surface area contributed by atoms with Crippen LogP contribution in [0.4, 0.5) is 25.2 Å². The number of pyridine rings is 10. The summed E-state index contributed by atoms with van der Waals surface area (Å²) in [4.78, 5) is 44.8. The first-order valence-corrected chi connectivity index (χ1v) is 38.2. The van der Waals surface area contributed by atoms with Gasteiger partial charge >= 0.3 is 94.5 Å². The molecule has 0 atom stereocenters. The van der Waals surface area contributed by atoms with E-state index in [0.29, 0.717) is 0 Å². The molecular formula is C76H57Cl3F6N10PRu2-. The van der Waals surface area contributed by atoms with Crippen LogP contribution in [0.5, 0.6) is 0 Å². The first-order chi connectivity index (χ1) is 46.6. The fourth-order valence-electron chi connectivity index (χ4n) is 9.19. The molecule has 14 aromatic rings. The van der Waals surface area contributed by atoms with Gasteiger partial charge < -0.3 is 0 Å². The summed E-state index contributed by atoms with van der Waals surface area (Å²) in [5.74, 6) is 0. The Morgan fingerprint density at radius 3 is 0.745 bits per heavy atom. The molecule has 14 rings (SSSR count). The Bertz CT molecular complexity index is 4200. The molecule has 0 fully saturated rings. The van der Waals surface area contributed by atoms with Gasteiger partial charge in [-0.25, -0.2) is 9.97 Å². The van der Waals surface area contributed by atoms with Gasteiger partial charge in [0.1, 0.15) is 0 Å². The van der Waals surface area contributed by atoms with E-state index in [9.17, 15) is 25.2 Å². The Balaban J connectivity index is 0.000000159. The number of rotatable bonds is 10. The second-order valence-electron chi connectivity index (χ2n) is 20.9. The minimum absolute atomic E-state index is 0. The van der Waals surface area contributed by atoms with Crippen LogP contribution < -0.4 is 0 Å². The molecule has 0 aliphatic carbocycles. The molecule has 0 aliphatic rings. The van der Waals surface area contributed by atoms with Gasteiger partial charge in [0.05, 0.1) is 56.9 Å². The number of benzene rings is 4. The van der Waals surface area contributed by atoms with Gasteiger partial charge in [-0.3, -0.25) is 39.9 Å². The SMILES string of the molecule is Cc1ccc(-c2cc(-c3ccccn3)nc(-c3ccccn3)c2)cc1.Cc1ccc(-c2cc(-c3ccccn3)nc(-c3ccccn3)c2)cc1.F[P-](F)(F)(F)(F)F.[Cl][Ru]([Cl])[Cl].[Ru+].[c-]1c(-c2ccccn2)cccc1-c1ccccn1.c1ccc(-c2cccc(-c3ccccn3)c2)nc1. The van der Waals surface area contributed by atoms with Crippen molar-refractivity contribution in [1.29, 1.82) is 0 Å². The van der Waals surface area contributed by atoms with E-state index >= 15 is 0 Å². The average Bonchev–Trinajstić information content (AvgIpc) is 0.809. The fraction of sp³-hybridized carbons (Fsp3) is 0.0263. The van der Waals surface area contributed by atoms with Gasteiger partial charge in [-0.15, -0.1) is 24.3 Å². The first kappa shape index (κ1) is 74.3. The van der Waals surface area contributed by atoms with Crippen molar-refractivity contribution in [3.63, 3.8) is 0 Å².